The Kier molecular flexibility index (Phi) is 6.00. The van der Waals surface area contributed by atoms with Crippen LogP contribution in [0.3, 0.4) is 0 Å². The van der Waals surface area contributed by atoms with Gasteiger partial charge in [0.25, 0.3) is 0 Å². The minimum atomic E-state index is -0.290. The number of likely N-dealkylation sites (tertiary alicyclic amines) is 1. The molecule has 0 spiro atoms. The van der Waals surface area contributed by atoms with Crippen molar-refractivity contribution in [1.29, 1.82) is 0 Å². The highest BCUT2D eigenvalue weighted by Crippen LogP contribution is 2.28. The molecule has 152 valence electrons. The summed E-state index contributed by atoms with van der Waals surface area (Å²) in [7, 11) is 1.42. The molecule has 0 radical (unpaired) electrons. The van der Waals surface area contributed by atoms with E-state index in [4.69, 9.17) is 4.74 Å². The van der Waals surface area contributed by atoms with E-state index in [2.05, 4.69) is 40.7 Å². The second-order valence-corrected chi connectivity index (χ2v) is 8.00. The van der Waals surface area contributed by atoms with Gasteiger partial charge in [0.1, 0.15) is 0 Å². The van der Waals surface area contributed by atoms with Gasteiger partial charge in [0.15, 0.2) is 0 Å². The van der Waals surface area contributed by atoms with Crippen molar-refractivity contribution in [3.05, 3.63) is 70.9 Å². The minimum absolute atomic E-state index is 0.290. The second kappa shape index (κ2) is 8.83. The number of piperidine rings is 1. The Morgan fingerprint density at radius 3 is 2.41 bits per heavy atom. The van der Waals surface area contributed by atoms with E-state index in [0.717, 1.165) is 19.5 Å². The summed E-state index contributed by atoms with van der Waals surface area (Å²) in [5, 5.41) is 1.33. The molecule has 1 aliphatic rings. The number of hydrogen-bond donors (Lipinski definition) is 0. The Labute approximate surface area is 173 Å². The SMILES string of the molecule is COC(=O)c1ccc(Cc2c(C)n(CCN3CCCCC3)c3ccccc23)cc1. The third-order valence-corrected chi connectivity index (χ3v) is 6.21. The number of fused-ring (bicyclic) bond motifs is 1. The summed E-state index contributed by atoms with van der Waals surface area (Å²) in [5.74, 6) is -0.290. The molecule has 0 saturated carbocycles. The van der Waals surface area contributed by atoms with E-state index < -0.39 is 0 Å². The van der Waals surface area contributed by atoms with Crippen LogP contribution in [0.25, 0.3) is 10.9 Å². The largest absolute Gasteiger partial charge is 0.465 e. The molecule has 4 nitrogen and oxygen atoms in total. The molecule has 0 N–H and O–H groups in total. The third kappa shape index (κ3) is 4.23. The zero-order valence-electron chi connectivity index (χ0n) is 17.5. The standard InChI is InChI=1S/C25H30N2O2/c1-19-23(18-20-10-12-21(13-11-20)25(28)29-2)22-8-4-5-9-24(22)27(19)17-16-26-14-6-3-7-15-26/h4-5,8-13H,3,6-7,14-18H2,1-2H3. The van der Waals surface area contributed by atoms with Gasteiger partial charge in [-0.15, -0.1) is 0 Å². The van der Waals surface area contributed by atoms with Gasteiger partial charge >= 0.3 is 5.97 Å². The van der Waals surface area contributed by atoms with Crippen molar-refractivity contribution in [2.45, 2.75) is 39.2 Å². The number of methoxy groups -OCH3 is 1. The lowest BCUT2D eigenvalue weighted by molar-refractivity contribution is 0.0600. The zero-order valence-corrected chi connectivity index (χ0v) is 17.5. The van der Waals surface area contributed by atoms with Gasteiger partial charge < -0.3 is 14.2 Å². The first-order valence-corrected chi connectivity index (χ1v) is 10.6. The number of carbonyl (C=O) groups is 1. The van der Waals surface area contributed by atoms with Crippen molar-refractivity contribution in [3.63, 3.8) is 0 Å². The molecule has 0 amide bonds. The van der Waals surface area contributed by atoms with E-state index in [9.17, 15) is 4.79 Å². The van der Waals surface area contributed by atoms with Crippen LogP contribution >= 0.6 is 0 Å². The Morgan fingerprint density at radius 2 is 1.69 bits per heavy atom. The van der Waals surface area contributed by atoms with Crippen LogP contribution in [0.5, 0.6) is 0 Å². The van der Waals surface area contributed by atoms with Crippen LogP contribution in [0.4, 0.5) is 0 Å². The molecule has 0 aliphatic carbocycles. The van der Waals surface area contributed by atoms with E-state index >= 15 is 0 Å². The first kappa shape index (κ1) is 19.7. The smallest absolute Gasteiger partial charge is 0.337 e. The van der Waals surface area contributed by atoms with Crippen LogP contribution in [0.15, 0.2) is 48.5 Å². The average molecular weight is 391 g/mol. The van der Waals surface area contributed by atoms with Gasteiger partial charge in [0.2, 0.25) is 0 Å². The van der Waals surface area contributed by atoms with E-state index in [1.54, 1.807) is 0 Å². The van der Waals surface area contributed by atoms with Crippen LogP contribution in [-0.2, 0) is 17.7 Å². The van der Waals surface area contributed by atoms with Gasteiger partial charge in [-0.1, -0.05) is 36.8 Å². The first-order valence-electron chi connectivity index (χ1n) is 10.6. The molecule has 29 heavy (non-hydrogen) atoms. The molecule has 4 heteroatoms. The molecule has 0 unspecified atom stereocenters. The summed E-state index contributed by atoms with van der Waals surface area (Å²) in [4.78, 5) is 14.3. The average Bonchev–Trinajstić information content (AvgIpc) is 3.04. The highest BCUT2D eigenvalue weighted by molar-refractivity contribution is 5.89. The maximum Gasteiger partial charge on any atom is 0.337 e. The Balaban J connectivity index is 1.59. The van der Waals surface area contributed by atoms with Crippen molar-refractivity contribution in [3.8, 4) is 0 Å². The molecule has 2 heterocycles. The Bertz CT molecular complexity index is 982. The van der Waals surface area contributed by atoms with Gasteiger partial charge in [-0.2, -0.15) is 0 Å². The van der Waals surface area contributed by atoms with Gasteiger partial charge in [-0.3, -0.25) is 0 Å². The molecule has 2 aromatic carbocycles. The van der Waals surface area contributed by atoms with Gasteiger partial charge in [-0.05, 0) is 68.6 Å². The summed E-state index contributed by atoms with van der Waals surface area (Å²) in [6.07, 6.45) is 4.90. The molecule has 4 rings (SSSR count). The fourth-order valence-electron chi connectivity index (χ4n) is 4.52. The summed E-state index contributed by atoms with van der Waals surface area (Å²) in [5.41, 5.74) is 5.85. The lowest BCUT2D eigenvalue weighted by atomic mass is 10.0. The van der Waals surface area contributed by atoms with Crippen molar-refractivity contribution in [2.75, 3.05) is 26.7 Å². The zero-order chi connectivity index (χ0) is 20.2. The summed E-state index contributed by atoms with van der Waals surface area (Å²) in [6.45, 7) is 6.87. The van der Waals surface area contributed by atoms with Gasteiger partial charge in [0.05, 0.1) is 12.7 Å². The topological polar surface area (TPSA) is 34.5 Å². The molecule has 1 aliphatic heterocycles. The normalized spacial score (nSPS) is 15.0. The molecular formula is C25H30N2O2. The predicted octanol–water partition coefficient (Wildman–Crippen LogP) is 4.81. The predicted molar refractivity (Wildman–Crippen MR) is 118 cm³/mol. The fourth-order valence-corrected chi connectivity index (χ4v) is 4.52. The number of benzene rings is 2. The van der Waals surface area contributed by atoms with E-state index in [1.807, 2.05) is 24.3 Å². The number of para-hydroxylation sites is 1. The van der Waals surface area contributed by atoms with Crippen molar-refractivity contribution in [2.24, 2.45) is 0 Å². The highest BCUT2D eigenvalue weighted by Gasteiger charge is 2.16. The molecule has 3 aromatic rings. The summed E-state index contributed by atoms with van der Waals surface area (Å²) >= 11 is 0. The number of aromatic nitrogens is 1. The van der Waals surface area contributed by atoms with Crippen LogP contribution in [0, 0.1) is 6.92 Å². The van der Waals surface area contributed by atoms with Crippen molar-refractivity contribution >= 4 is 16.9 Å². The van der Waals surface area contributed by atoms with E-state index in [1.165, 1.54) is 67.2 Å². The molecule has 0 bridgehead atoms. The maximum atomic E-state index is 11.7. The summed E-state index contributed by atoms with van der Waals surface area (Å²) < 4.78 is 7.29. The number of hydrogen-bond acceptors (Lipinski definition) is 3. The van der Waals surface area contributed by atoms with Crippen LogP contribution in [0.1, 0.15) is 46.4 Å². The quantitative estimate of drug-likeness (QED) is 0.566. The van der Waals surface area contributed by atoms with Crippen molar-refractivity contribution < 1.29 is 9.53 Å². The molecule has 1 fully saturated rings. The lowest BCUT2D eigenvalue weighted by Crippen LogP contribution is -2.32. The van der Waals surface area contributed by atoms with E-state index in [-0.39, 0.29) is 5.97 Å². The van der Waals surface area contributed by atoms with Crippen LogP contribution in [0.2, 0.25) is 0 Å². The number of nitrogens with zero attached hydrogens (tertiary/aromatic N) is 2. The number of rotatable bonds is 6. The van der Waals surface area contributed by atoms with Crippen LogP contribution in [-0.4, -0.2) is 42.2 Å². The Hall–Kier alpha value is -2.59. The number of carbonyl (C=O) groups excluding carboxylic acids is 1. The Morgan fingerprint density at radius 1 is 0.966 bits per heavy atom. The number of ether oxygens (including phenoxy) is 1. The van der Waals surface area contributed by atoms with Crippen molar-refractivity contribution in [1.82, 2.24) is 9.47 Å². The monoisotopic (exact) mass is 390 g/mol. The molecule has 0 atom stereocenters. The number of esters is 1. The maximum absolute atomic E-state index is 11.7. The summed E-state index contributed by atoms with van der Waals surface area (Å²) in [6, 6.07) is 16.5. The highest BCUT2D eigenvalue weighted by atomic mass is 16.5. The third-order valence-electron chi connectivity index (χ3n) is 6.21. The van der Waals surface area contributed by atoms with Gasteiger partial charge in [0, 0.05) is 29.7 Å². The fraction of sp³-hybridized carbons (Fsp3) is 0.400. The van der Waals surface area contributed by atoms with Gasteiger partial charge in [-0.25, -0.2) is 4.79 Å². The molecular weight excluding hydrogens is 360 g/mol. The molecule has 1 aromatic heterocycles. The second-order valence-electron chi connectivity index (χ2n) is 8.00. The van der Waals surface area contributed by atoms with E-state index in [0.29, 0.717) is 5.56 Å². The van der Waals surface area contributed by atoms with Crippen LogP contribution < -0.4 is 0 Å². The minimum Gasteiger partial charge on any atom is -0.465 e. The molecule has 1 saturated heterocycles. The lowest BCUT2D eigenvalue weighted by Gasteiger charge is -2.26. The first-order chi connectivity index (χ1) is 14.2.